The van der Waals surface area contributed by atoms with Crippen molar-refractivity contribution in [1.82, 2.24) is 4.90 Å². The third-order valence-corrected chi connectivity index (χ3v) is 4.20. The first kappa shape index (κ1) is 15.7. The summed E-state index contributed by atoms with van der Waals surface area (Å²) >= 11 is 0. The minimum Gasteiger partial charge on any atom is -0.395 e. The number of hydrogen-bond donors (Lipinski definition) is 1. The molecule has 3 nitrogen and oxygen atoms in total. The number of carbonyl (C=O) groups is 1. The second-order valence-electron chi connectivity index (χ2n) is 5.97. The van der Waals surface area contributed by atoms with Gasteiger partial charge in [-0.15, -0.1) is 0 Å². The molecule has 120 valence electrons. The molecule has 1 amide bonds. The van der Waals surface area contributed by atoms with Crippen molar-refractivity contribution in [1.29, 1.82) is 0 Å². The van der Waals surface area contributed by atoms with Gasteiger partial charge in [0.15, 0.2) is 0 Å². The van der Waals surface area contributed by atoms with E-state index in [1.807, 2.05) is 36.4 Å². The van der Waals surface area contributed by atoms with Crippen LogP contribution in [-0.2, 0) is 11.3 Å². The summed E-state index contributed by atoms with van der Waals surface area (Å²) in [7, 11) is 0. The van der Waals surface area contributed by atoms with Crippen LogP contribution in [0.25, 0.3) is 0 Å². The molecule has 0 heterocycles. The average Bonchev–Trinajstić information content (AvgIpc) is 3.39. The van der Waals surface area contributed by atoms with Crippen LogP contribution in [0.4, 0.5) is 4.39 Å². The maximum atomic E-state index is 13.4. The van der Waals surface area contributed by atoms with Crippen molar-refractivity contribution in [2.75, 3.05) is 6.61 Å². The highest BCUT2D eigenvalue weighted by Crippen LogP contribution is 2.31. The fraction of sp³-hybridized carbons (Fsp3) is 0.316. The van der Waals surface area contributed by atoms with Crippen molar-refractivity contribution in [3.63, 3.8) is 0 Å². The van der Waals surface area contributed by atoms with E-state index in [2.05, 4.69) is 0 Å². The van der Waals surface area contributed by atoms with E-state index in [1.165, 1.54) is 12.1 Å². The summed E-state index contributed by atoms with van der Waals surface area (Å²) in [6.45, 7) is 0.153. The van der Waals surface area contributed by atoms with Crippen LogP contribution in [-0.4, -0.2) is 28.6 Å². The van der Waals surface area contributed by atoms with Gasteiger partial charge >= 0.3 is 0 Å². The van der Waals surface area contributed by atoms with Crippen LogP contribution in [0.15, 0.2) is 54.6 Å². The Labute approximate surface area is 135 Å². The lowest BCUT2D eigenvalue weighted by Crippen LogP contribution is -2.37. The van der Waals surface area contributed by atoms with Gasteiger partial charge in [-0.3, -0.25) is 4.79 Å². The lowest BCUT2D eigenvalue weighted by atomic mass is 9.98. The molecule has 23 heavy (non-hydrogen) atoms. The summed E-state index contributed by atoms with van der Waals surface area (Å²) in [5, 5.41) is 9.70. The van der Waals surface area contributed by atoms with Gasteiger partial charge in [0, 0.05) is 12.6 Å². The van der Waals surface area contributed by atoms with Crippen molar-refractivity contribution < 1.29 is 14.3 Å². The Bertz CT molecular complexity index is 670. The molecule has 0 radical (unpaired) electrons. The molecular weight excluding hydrogens is 293 g/mol. The molecule has 0 saturated heterocycles. The summed E-state index contributed by atoms with van der Waals surface area (Å²) in [6, 6.07) is 15.8. The Hall–Kier alpha value is -2.20. The number of aliphatic hydroxyl groups excluding tert-OH is 1. The Balaban J connectivity index is 1.81. The van der Waals surface area contributed by atoms with Crippen molar-refractivity contribution in [3.8, 4) is 0 Å². The fourth-order valence-electron chi connectivity index (χ4n) is 2.82. The smallest absolute Gasteiger partial charge is 0.233 e. The van der Waals surface area contributed by atoms with Gasteiger partial charge in [0.25, 0.3) is 0 Å². The van der Waals surface area contributed by atoms with E-state index in [1.54, 1.807) is 11.0 Å². The molecular formula is C19H20FNO2. The molecule has 1 saturated carbocycles. The van der Waals surface area contributed by atoms with Gasteiger partial charge in [0.1, 0.15) is 5.82 Å². The molecule has 1 N–H and O–H groups in total. The van der Waals surface area contributed by atoms with Crippen LogP contribution in [0.3, 0.4) is 0 Å². The summed E-state index contributed by atoms with van der Waals surface area (Å²) in [5.74, 6) is -0.955. The lowest BCUT2D eigenvalue weighted by molar-refractivity contribution is -0.135. The summed E-state index contributed by atoms with van der Waals surface area (Å²) in [6.07, 6.45) is 1.93. The minimum absolute atomic E-state index is 0.0922. The van der Waals surface area contributed by atoms with Gasteiger partial charge in [-0.25, -0.2) is 4.39 Å². The molecule has 1 unspecified atom stereocenters. The van der Waals surface area contributed by atoms with Gasteiger partial charge < -0.3 is 10.0 Å². The summed E-state index contributed by atoms with van der Waals surface area (Å²) < 4.78 is 13.4. The third-order valence-electron chi connectivity index (χ3n) is 4.20. The second kappa shape index (κ2) is 6.92. The topological polar surface area (TPSA) is 40.5 Å². The molecule has 1 fully saturated rings. The van der Waals surface area contributed by atoms with Crippen molar-refractivity contribution in [3.05, 3.63) is 71.5 Å². The zero-order chi connectivity index (χ0) is 16.2. The molecule has 4 heteroatoms. The maximum Gasteiger partial charge on any atom is 0.233 e. The van der Waals surface area contributed by atoms with Gasteiger partial charge in [-0.1, -0.05) is 42.5 Å². The first-order valence-corrected chi connectivity index (χ1v) is 7.90. The Kier molecular flexibility index (Phi) is 4.72. The highest BCUT2D eigenvalue weighted by Gasteiger charge is 2.36. The zero-order valence-electron chi connectivity index (χ0n) is 12.9. The SMILES string of the molecule is O=C(C(CO)c1ccccc1)N(Cc1cccc(F)c1)C1CC1. The quantitative estimate of drug-likeness (QED) is 0.890. The largest absolute Gasteiger partial charge is 0.395 e. The molecule has 1 atom stereocenters. The number of nitrogens with zero attached hydrogens (tertiary/aromatic N) is 1. The maximum absolute atomic E-state index is 13.4. The first-order chi connectivity index (χ1) is 11.2. The number of hydrogen-bond acceptors (Lipinski definition) is 2. The molecule has 2 aromatic rings. The van der Waals surface area contributed by atoms with Crippen molar-refractivity contribution >= 4 is 5.91 Å². The monoisotopic (exact) mass is 313 g/mol. The van der Waals surface area contributed by atoms with Crippen LogP contribution in [0.2, 0.25) is 0 Å². The number of benzene rings is 2. The van der Waals surface area contributed by atoms with E-state index >= 15 is 0 Å². The number of aliphatic hydroxyl groups is 1. The summed E-state index contributed by atoms with van der Waals surface area (Å²) in [5.41, 5.74) is 1.58. The third kappa shape index (κ3) is 3.77. The molecule has 0 aliphatic heterocycles. The summed E-state index contributed by atoms with van der Waals surface area (Å²) in [4.78, 5) is 14.7. The molecule has 0 aromatic heterocycles. The van der Waals surface area contributed by atoms with Gasteiger partial charge in [-0.05, 0) is 36.1 Å². The molecule has 0 bridgehead atoms. The Morgan fingerprint density at radius 1 is 1.17 bits per heavy atom. The van der Waals surface area contributed by atoms with E-state index in [0.29, 0.717) is 6.54 Å². The van der Waals surface area contributed by atoms with Gasteiger partial charge in [0.05, 0.1) is 12.5 Å². The van der Waals surface area contributed by atoms with Crippen LogP contribution < -0.4 is 0 Å². The fourth-order valence-corrected chi connectivity index (χ4v) is 2.82. The van der Waals surface area contributed by atoms with Crippen molar-refractivity contribution in [2.24, 2.45) is 0 Å². The van der Waals surface area contributed by atoms with E-state index in [4.69, 9.17) is 0 Å². The lowest BCUT2D eigenvalue weighted by Gasteiger charge is -2.27. The average molecular weight is 313 g/mol. The zero-order valence-corrected chi connectivity index (χ0v) is 12.9. The number of halogens is 1. The van der Waals surface area contributed by atoms with E-state index < -0.39 is 5.92 Å². The molecule has 2 aromatic carbocycles. The number of amides is 1. The van der Waals surface area contributed by atoms with Crippen LogP contribution in [0.5, 0.6) is 0 Å². The van der Waals surface area contributed by atoms with Crippen LogP contribution >= 0.6 is 0 Å². The highest BCUT2D eigenvalue weighted by atomic mass is 19.1. The highest BCUT2D eigenvalue weighted by molar-refractivity contribution is 5.84. The van der Waals surface area contributed by atoms with Crippen LogP contribution in [0.1, 0.15) is 29.9 Å². The molecule has 3 rings (SSSR count). The Morgan fingerprint density at radius 2 is 1.91 bits per heavy atom. The number of rotatable bonds is 6. The molecule has 0 spiro atoms. The van der Waals surface area contributed by atoms with Gasteiger partial charge in [0.2, 0.25) is 5.91 Å². The van der Waals surface area contributed by atoms with Crippen LogP contribution in [0, 0.1) is 5.82 Å². The van der Waals surface area contributed by atoms with E-state index in [9.17, 15) is 14.3 Å². The van der Waals surface area contributed by atoms with E-state index in [-0.39, 0.29) is 24.4 Å². The van der Waals surface area contributed by atoms with Crippen molar-refractivity contribution in [2.45, 2.75) is 31.3 Å². The molecule has 1 aliphatic carbocycles. The molecule has 1 aliphatic rings. The first-order valence-electron chi connectivity index (χ1n) is 7.90. The van der Waals surface area contributed by atoms with E-state index in [0.717, 1.165) is 24.0 Å². The predicted molar refractivity (Wildman–Crippen MR) is 86.2 cm³/mol. The van der Waals surface area contributed by atoms with Gasteiger partial charge in [-0.2, -0.15) is 0 Å². The normalized spacial score (nSPS) is 15.2. The second-order valence-corrected chi connectivity index (χ2v) is 5.97. The standard InChI is InChI=1S/C19H20FNO2/c20-16-8-4-5-14(11-16)12-21(17-9-10-17)19(23)18(13-22)15-6-2-1-3-7-15/h1-8,11,17-18,22H,9-10,12-13H2. The number of carbonyl (C=O) groups excluding carboxylic acids is 1. The Morgan fingerprint density at radius 3 is 2.52 bits per heavy atom. The minimum atomic E-state index is -0.564. The predicted octanol–water partition coefficient (Wildman–Crippen LogP) is 3.09.